The smallest absolute Gasteiger partial charge is 0.264 e. The highest BCUT2D eigenvalue weighted by Crippen LogP contribution is 2.19. The Bertz CT molecular complexity index is 895. The summed E-state index contributed by atoms with van der Waals surface area (Å²) >= 11 is 0. The Balaban J connectivity index is 0.000000260. The molecule has 2 heterocycles. The SMILES string of the molecule is Cc1nn(C(C)C)cc1S(=O)(=O)Cl.Cc1nn(C(C)C)cc1S(N)(=O)=O. The number of hydrogen-bond donors (Lipinski definition) is 1. The first-order chi connectivity index (χ1) is 11.6. The van der Waals surface area contributed by atoms with Crippen LogP contribution >= 0.6 is 10.7 Å². The zero-order chi connectivity index (χ0) is 20.4. The molecule has 12 heteroatoms. The topological polar surface area (TPSA) is 130 Å². The molecule has 0 unspecified atom stereocenters. The first-order valence-electron chi connectivity index (χ1n) is 7.73. The molecular weight excluding hydrogens is 402 g/mol. The molecular formula is C14H24ClN5O4S2. The van der Waals surface area contributed by atoms with E-state index in [4.69, 9.17) is 15.8 Å². The normalized spacial score (nSPS) is 12.4. The number of aromatic nitrogens is 4. The first kappa shape index (κ1) is 22.6. The van der Waals surface area contributed by atoms with Gasteiger partial charge in [0.15, 0.2) is 0 Å². The van der Waals surface area contributed by atoms with E-state index in [9.17, 15) is 16.8 Å². The van der Waals surface area contributed by atoms with Gasteiger partial charge in [-0.15, -0.1) is 0 Å². The molecule has 2 rings (SSSR count). The van der Waals surface area contributed by atoms with Crippen LogP contribution in [0.4, 0.5) is 0 Å². The van der Waals surface area contributed by atoms with Crippen molar-refractivity contribution in [3.63, 3.8) is 0 Å². The summed E-state index contributed by atoms with van der Waals surface area (Å²) in [7, 11) is -2.09. The van der Waals surface area contributed by atoms with Crippen molar-refractivity contribution in [3.8, 4) is 0 Å². The molecule has 0 amide bonds. The molecule has 0 aliphatic heterocycles. The molecule has 26 heavy (non-hydrogen) atoms. The predicted molar refractivity (Wildman–Crippen MR) is 99.1 cm³/mol. The second-order valence-corrected chi connectivity index (χ2v) is 10.4. The van der Waals surface area contributed by atoms with Crippen LogP contribution in [-0.2, 0) is 19.1 Å². The molecule has 0 aliphatic carbocycles. The lowest BCUT2D eigenvalue weighted by molar-refractivity contribution is 0.528. The van der Waals surface area contributed by atoms with E-state index in [0.717, 1.165) is 0 Å². The van der Waals surface area contributed by atoms with Gasteiger partial charge in [0.25, 0.3) is 9.05 Å². The number of aryl methyl sites for hydroxylation is 2. The first-order valence-corrected chi connectivity index (χ1v) is 11.6. The lowest BCUT2D eigenvalue weighted by Gasteiger charge is -2.02. The van der Waals surface area contributed by atoms with Crippen molar-refractivity contribution in [1.82, 2.24) is 19.6 Å². The highest BCUT2D eigenvalue weighted by atomic mass is 35.7. The minimum absolute atomic E-state index is 0.0860. The van der Waals surface area contributed by atoms with E-state index in [0.29, 0.717) is 11.4 Å². The van der Waals surface area contributed by atoms with Crippen LogP contribution in [0.3, 0.4) is 0 Å². The second kappa shape index (κ2) is 8.07. The van der Waals surface area contributed by atoms with E-state index >= 15 is 0 Å². The zero-order valence-electron chi connectivity index (χ0n) is 15.5. The molecule has 0 spiro atoms. The molecule has 0 aliphatic rings. The maximum absolute atomic E-state index is 11.0. The van der Waals surface area contributed by atoms with Gasteiger partial charge in [-0.2, -0.15) is 10.2 Å². The van der Waals surface area contributed by atoms with Gasteiger partial charge in [-0.3, -0.25) is 9.36 Å². The summed E-state index contributed by atoms with van der Waals surface area (Å²) in [6.45, 7) is 10.9. The molecule has 0 aromatic carbocycles. The van der Waals surface area contributed by atoms with Crippen LogP contribution in [0.1, 0.15) is 51.2 Å². The van der Waals surface area contributed by atoms with E-state index in [1.807, 2.05) is 27.7 Å². The Hall–Kier alpha value is -1.43. The molecule has 0 radical (unpaired) electrons. The molecule has 0 atom stereocenters. The van der Waals surface area contributed by atoms with E-state index in [1.54, 1.807) is 23.2 Å². The molecule has 9 nitrogen and oxygen atoms in total. The standard InChI is InChI=1S/C7H11ClN2O2S.C7H13N3O2S/c2*1-5(2)10-4-7(6(3)9-10)13(8,11)12/h4-5H,1-3H3;4-5H,1-3H3,(H2,8,11,12). The number of halogens is 1. The fourth-order valence-electron chi connectivity index (χ4n) is 1.98. The Morgan fingerprint density at radius 2 is 1.23 bits per heavy atom. The third kappa shape index (κ3) is 5.79. The summed E-state index contributed by atoms with van der Waals surface area (Å²) in [6, 6.07) is 0.264. The van der Waals surface area contributed by atoms with Crippen molar-refractivity contribution in [1.29, 1.82) is 0 Å². The van der Waals surface area contributed by atoms with Crippen molar-refractivity contribution in [3.05, 3.63) is 23.8 Å². The molecule has 0 saturated carbocycles. The number of rotatable bonds is 4. The fourth-order valence-corrected chi connectivity index (χ4v) is 3.77. The van der Waals surface area contributed by atoms with Crippen LogP contribution in [0, 0.1) is 13.8 Å². The zero-order valence-corrected chi connectivity index (χ0v) is 17.9. The van der Waals surface area contributed by atoms with E-state index < -0.39 is 19.1 Å². The van der Waals surface area contributed by atoms with Gasteiger partial charge in [0, 0.05) is 35.2 Å². The predicted octanol–water partition coefficient (Wildman–Crippen LogP) is 2.12. The maximum atomic E-state index is 11.0. The molecule has 0 saturated heterocycles. The van der Waals surface area contributed by atoms with Crippen molar-refractivity contribution < 1.29 is 16.8 Å². The number of sulfonamides is 1. The monoisotopic (exact) mass is 425 g/mol. The van der Waals surface area contributed by atoms with Crippen LogP contribution < -0.4 is 5.14 Å². The third-order valence-electron chi connectivity index (χ3n) is 3.37. The number of nitrogens with zero attached hydrogens (tertiary/aromatic N) is 4. The summed E-state index contributed by atoms with van der Waals surface area (Å²) in [5.74, 6) is 0. The molecule has 148 valence electrons. The fraction of sp³-hybridized carbons (Fsp3) is 0.571. The average Bonchev–Trinajstić information content (AvgIpc) is 3.01. The van der Waals surface area contributed by atoms with Gasteiger partial charge in [0.2, 0.25) is 10.0 Å². The van der Waals surface area contributed by atoms with E-state index in [1.165, 1.54) is 12.4 Å². The molecule has 2 aromatic rings. The van der Waals surface area contributed by atoms with Crippen LogP contribution in [0.25, 0.3) is 0 Å². The molecule has 0 fully saturated rings. The largest absolute Gasteiger partial charge is 0.269 e. The van der Waals surface area contributed by atoms with Crippen molar-refractivity contribution >= 4 is 29.8 Å². The quantitative estimate of drug-likeness (QED) is 0.746. The number of nitrogens with two attached hydrogens (primary N) is 1. The van der Waals surface area contributed by atoms with E-state index in [-0.39, 0.29) is 21.9 Å². The number of hydrogen-bond acceptors (Lipinski definition) is 6. The van der Waals surface area contributed by atoms with Crippen molar-refractivity contribution in [2.24, 2.45) is 5.14 Å². The molecule has 2 N–H and O–H groups in total. The minimum Gasteiger partial charge on any atom is -0.269 e. The van der Waals surface area contributed by atoms with Crippen LogP contribution in [-0.4, -0.2) is 36.4 Å². The number of primary sulfonamides is 1. The lowest BCUT2D eigenvalue weighted by atomic mass is 10.4. The van der Waals surface area contributed by atoms with E-state index in [2.05, 4.69) is 10.2 Å². The second-order valence-electron chi connectivity index (χ2n) is 6.29. The highest BCUT2D eigenvalue weighted by molar-refractivity contribution is 8.13. The van der Waals surface area contributed by atoms with Gasteiger partial charge in [0.05, 0.1) is 11.4 Å². The van der Waals surface area contributed by atoms with Gasteiger partial charge in [-0.25, -0.2) is 22.0 Å². The Morgan fingerprint density at radius 1 is 0.885 bits per heavy atom. The van der Waals surface area contributed by atoms with Crippen LogP contribution in [0.5, 0.6) is 0 Å². The summed E-state index contributed by atoms with van der Waals surface area (Å²) in [5.41, 5.74) is 0.875. The van der Waals surface area contributed by atoms with Crippen molar-refractivity contribution in [2.45, 2.75) is 63.4 Å². The van der Waals surface area contributed by atoms with Gasteiger partial charge in [0.1, 0.15) is 9.79 Å². The van der Waals surface area contributed by atoms with Gasteiger partial charge >= 0.3 is 0 Å². The summed E-state index contributed by atoms with van der Waals surface area (Å²) in [6.07, 6.45) is 2.90. The Kier molecular flexibility index (Phi) is 7.02. The van der Waals surface area contributed by atoms with Crippen LogP contribution in [0.15, 0.2) is 22.2 Å². The maximum Gasteiger partial charge on any atom is 0.264 e. The van der Waals surface area contributed by atoms with Gasteiger partial charge < -0.3 is 0 Å². The Morgan fingerprint density at radius 3 is 1.42 bits per heavy atom. The summed E-state index contributed by atoms with van der Waals surface area (Å²) < 4.78 is 47.2. The summed E-state index contributed by atoms with van der Waals surface area (Å²) in [4.78, 5) is 0.184. The highest BCUT2D eigenvalue weighted by Gasteiger charge is 2.18. The third-order valence-corrected chi connectivity index (χ3v) is 5.81. The van der Waals surface area contributed by atoms with Gasteiger partial charge in [-0.05, 0) is 41.5 Å². The lowest BCUT2D eigenvalue weighted by Crippen LogP contribution is -2.12. The van der Waals surface area contributed by atoms with Crippen molar-refractivity contribution in [2.75, 3.05) is 0 Å². The molecule has 0 bridgehead atoms. The summed E-state index contributed by atoms with van der Waals surface area (Å²) in [5, 5.41) is 13.1. The minimum atomic E-state index is -3.66. The molecule has 2 aromatic heterocycles. The average molecular weight is 426 g/mol. The van der Waals surface area contributed by atoms with Gasteiger partial charge in [-0.1, -0.05) is 0 Å². The van der Waals surface area contributed by atoms with Crippen LogP contribution in [0.2, 0.25) is 0 Å². The Labute approximate surface area is 158 Å².